The second-order valence-corrected chi connectivity index (χ2v) is 10.0. The van der Waals surface area contributed by atoms with Gasteiger partial charge in [0.05, 0.1) is 10.6 Å². The van der Waals surface area contributed by atoms with Gasteiger partial charge in [0, 0.05) is 37.1 Å². The molecule has 7 heteroatoms. The molecule has 3 aromatic carbocycles. The van der Waals surface area contributed by atoms with Crippen molar-refractivity contribution in [2.45, 2.75) is 25.2 Å². The molecule has 5 rings (SSSR count). The first-order valence-electron chi connectivity index (χ1n) is 11.2. The number of nitrogens with zero attached hydrogens (tertiary/aromatic N) is 4. The molecule has 4 aromatic rings. The molecule has 1 aliphatic heterocycles. The van der Waals surface area contributed by atoms with Gasteiger partial charge in [0.25, 0.3) is 0 Å². The molecule has 0 aliphatic carbocycles. The van der Waals surface area contributed by atoms with Crippen LogP contribution in [0.5, 0.6) is 0 Å². The first kappa shape index (κ1) is 21.6. The van der Waals surface area contributed by atoms with Gasteiger partial charge >= 0.3 is 0 Å². The van der Waals surface area contributed by atoms with Crippen LogP contribution in [0.1, 0.15) is 19.4 Å². The van der Waals surface area contributed by atoms with Gasteiger partial charge in [0.2, 0.25) is 16.0 Å². The highest BCUT2D eigenvalue weighted by Gasteiger charge is 2.27. The van der Waals surface area contributed by atoms with E-state index in [-0.39, 0.29) is 0 Å². The SMILES string of the molecule is CCN(CC)S(=O)(=O)c1ccc2c(c1)CCN2c1nccc(-c2ccc3ccccc3c2)n1. The Hall–Kier alpha value is -3.29. The fraction of sp³-hybridized carbons (Fsp3) is 0.231. The molecule has 0 saturated heterocycles. The molecule has 1 aromatic heterocycles. The van der Waals surface area contributed by atoms with Gasteiger partial charge in [-0.2, -0.15) is 4.31 Å². The van der Waals surface area contributed by atoms with Crippen LogP contribution in [0.15, 0.2) is 77.8 Å². The maximum absolute atomic E-state index is 12.9. The lowest BCUT2D eigenvalue weighted by Gasteiger charge is -2.20. The average Bonchev–Trinajstić information content (AvgIpc) is 3.28. The number of benzene rings is 3. The van der Waals surface area contributed by atoms with Gasteiger partial charge in [0.1, 0.15) is 0 Å². The Balaban J connectivity index is 1.48. The van der Waals surface area contributed by atoms with E-state index in [1.165, 1.54) is 15.1 Å². The highest BCUT2D eigenvalue weighted by Crippen LogP contribution is 2.35. The Kier molecular flexibility index (Phi) is 5.60. The maximum atomic E-state index is 12.9. The van der Waals surface area contributed by atoms with Crippen LogP contribution >= 0.6 is 0 Å². The molecule has 2 heterocycles. The number of hydrogen-bond acceptors (Lipinski definition) is 5. The second kappa shape index (κ2) is 8.57. The highest BCUT2D eigenvalue weighted by atomic mass is 32.2. The van der Waals surface area contributed by atoms with E-state index in [1.54, 1.807) is 18.3 Å². The van der Waals surface area contributed by atoms with Crippen molar-refractivity contribution in [2.24, 2.45) is 0 Å². The van der Waals surface area contributed by atoms with Crippen LogP contribution in [-0.4, -0.2) is 42.3 Å². The van der Waals surface area contributed by atoms with Crippen molar-refractivity contribution in [3.05, 3.63) is 78.5 Å². The van der Waals surface area contributed by atoms with Crippen molar-refractivity contribution >= 4 is 32.4 Å². The first-order valence-corrected chi connectivity index (χ1v) is 12.7. The molecule has 0 N–H and O–H groups in total. The monoisotopic (exact) mass is 458 g/mol. The molecule has 1 aliphatic rings. The van der Waals surface area contributed by atoms with Gasteiger partial charge in [0.15, 0.2) is 0 Å². The molecule has 0 unspecified atom stereocenters. The summed E-state index contributed by atoms with van der Waals surface area (Å²) in [4.78, 5) is 11.8. The summed E-state index contributed by atoms with van der Waals surface area (Å²) in [6, 6.07) is 21.9. The lowest BCUT2D eigenvalue weighted by molar-refractivity contribution is 0.445. The van der Waals surface area contributed by atoms with E-state index < -0.39 is 10.0 Å². The molecule has 6 nitrogen and oxygen atoms in total. The first-order chi connectivity index (χ1) is 16.0. The van der Waals surface area contributed by atoms with Crippen LogP contribution in [0.25, 0.3) is 22.0 Å². The van der Waals surface area contributed by atoms with Gasteiger partial charge in [-0.05, 0) is 53.1 Å². The number of hydrogen-bond donors (Lipinski definition) is 0. The van der Waals surface area contributed by atoms with Crippen LogP contribution in [0, 0.1) is 0 Å². The largest absolute Gasteiger partial charge is 0.310 e. The summed E-state index contributed by atoms with van der Waals surface area (Å²) in [7, 11) is -3.48. The molecule has 0 atom stereocenters. The third kappa shape index (κ3) is 3.87. The van der Waals surface area contributed by atoms with Gasteiger partial charge in [-0.1, -0.05) is 50.2 Å². The molecular weight excluding hydrogens is 432 g/mol. The van der Waals surface area contributed by atoms with E-state index in [0.717, 1.165) is 28.9 Å². The minimum absolute atomic E-state index is 0.345. The normalized spacial score (nSPS) is 13.6. The summed E-state index contributed by atoms with van der Waals surface area (Å²) in [5.41, 5.74) is 3.87. The van der Waals surface area contributed by atoms with E-state index in [4.69, 9.17) is 4.98 Å². The van der Waals surface area contributed by atoms with Crippen molar-refractivity contribution in [3.63, 3.8) is 0 Å². The van der Waals surface area contributed by atoms with E-state index in [2.05, 4.69) is 40.2 Å². The Bertz CT molecular complexity index is 1430. The number of rotatable bonds is 6. The molecule has 0 saturated carbocycles. The zero-order valence-electron chi connectivity index (χ0n) is 18.8. The molecule has 0 bridgehead atoms. The Morgan fingerprint density at radius 3 is 2.52 bits per heavy atom. The van der Waals surface area contributed by atoms with E-state index in [1.807, 2.05) is 38.1 Å². The summed E-state index contributed by atoms with van der Waals surface area (Å²) in [6.45, 7) is 5.34. The number of anilines is 2. The maximum Gasteiger partial charge on any atom is 0.243 e. The summed E-state index contributed by atoms with van der Waals surface area (Å²) >= 11 is 0. The predicted octanol–water partition coefficient (Wildman–Crippen LogP) is 5.02. The van der Waals surface area contributed by atoms with E-state index >= 15 is 0 Å². The van der Waals surface area contributed by atoms with Crippen LogP contribution < -0.4 is 4.90 Å². The van der Waals surface area contributed by atoms with Gasteiger partial charge in [-0.3, -0.25) is 0 Å². The van der Waals surface area contributed by atoms with Crippen molar-refractivity contribution in [1.82, 2.24) is 14.3 Å². The zero-order chi connectivity index (χ0) is 23.0. The van der Waals surface area contributed by atoms with Crippen molar-refractivity contribution in [2.75, 3.05) is 24.5 Å². The Morgan fingerprint density at radius 2 is 1.73 bits per heavy atom. The van der Waals surface area contributed by atoms with Gasteiger partial charge in [-0.15, -0.1) is 0 Å². The number of sulfonamides is 1. The Morgan fingerprint density at radius 1 is 0.939 bits per heavy atom. The average molecular weight is 459 g/mol. The van der Waals surface area contributed by atoms with Crippen LogP contribution in [0.2, 0.25) is 0 Å². The van der Waals surface area contributed by atoms with Crippen molar-refractivity contribution < 1.29 is 8.42 Å². The Labute approximate surface area is 194 Å². The quantitative estimate of drug-likeness (QED) is 0.406. The number of aromatic nitrogens is 2. The summed E-state index contributed by atoms with van der Waals surface area (Å²) in [5, 5.41) is 2.36. The molecule has 168 valence electrons. The van der Waals surface area contributed by atoms with E-state index in [9.17, 15) is 8.42 Å². The van der Waals surface area contributed by atoms with Crippen LogP contribution in [-0.2, 0) is 16.4 Å². The van der Waals surface area contributed by atoms with Gasteiger partial charge in [-0.25, -0.2) is 18.4 Å². The fourth-order valence-electron chi connectivity index (χ4n) is 4.45. The van der Waals surface area contributed by atoms with Crippen LogP contribution in [0.4, 0.5) is 11.6 Å². The third-order valence-electron chi connectivity index (χ3n) is 6.22. The highest BCUT2D eigenvalue weighted by molar-refractivity contribution is 7.89. The smallest absolute Gasteiger partial charge is 0.243 e. The molecule has 0 amide bonds. The summed E-state index contributed by atoms with van der Waals surface area (Å²) < 4.78 is 27.3. The predicted molar refractivity (Wildman–Crippen MR) is 132 cm³/mol. The van der Waals surface area contributed by atoms with Crippen molar-refractivity contribution in [3.8, 4) is 11.3 Å². The number of fused-ring (bicyclic) bond motifs is 2. The lowest BCUT2D eigenvalue weighted by atomic mass is 10.1. The zero-order valence-corrected chi connectivity index (χ0v) is 19.6. The van der Waals surface area contributed by atoms with Gasteiger partial charge < -0.3 is 4.90 Å². The minimum atomic E-state index is -3.48. The molecule has 0 radical (unpaired) electrons. The van der Waals surface area contributed by atoms with Crippen LogP contribution in [0.3, 0.4) is 0 Å². The summed E-state index contributed by atoms with van der Waals surface area (Å²) in [5.74, 6) is 0.624. The third-order valence-corrected chi connectivity index (χ3v) is 8.27. The minimum Gasteiger partial charge on any atom is -0.310 e. The summed E-state index contributed by atoms with van der Waals surface area (Å²) in [6.07, 6.45) is 2.53. The van der Waals surface area contributed by atoms with Crippen molar-refractivity contribution in [1.29, 1.82) is 0 Å². The second-order valence-electron chi connectivity index (χ2n) is 8.09. The fourth-order valence-corrected chi connectivity index (χ4v) is 5.96. The molecular formula is C26H26N4O2S. The molecule has 33 heavy (non-hydrogen) atoms. The molecule has 0 fully saturated rings. The van der Waals surface area contributed by atoms with E-state index in [0.29, 0.717) is 30.5 Å². The molecule has 0 spiro atoms. The lowest BCUT2D eigenvalue weighted by Crippen LogP contribution is -2.30. The standard InChI is InChI=1S/C26H26N4O2S/c1-3-29(4-2)33(31,32)23-11-12-25-22(18-23)14-16-30(25)26-27-15-13-24(28-26)21-10-9-19-7-5-6-8-20(19)17-21/h5-13,15,17-18H,3-4,14,16H2,1-2H3. The topological polar surface area (TPSA) is 66.4 Å².